The molecule has 0 bridgehead atoms. The summed E-state index contributed by atoms with van der Waals surface area (Å²) in [4.78, 5) is 2.65. The van der Waals surface area contributed by atoms with Gasteiger partial charge in [0, 0.05) is 19.1 Å². The Morgan fingerprint density at radius 3 is 1.93 bits per heavy atom. The van der Waals surface area contributed by atoms with Crippen molar-refractivity contribution in [3.8, 4) is 0 Å². The van der Waals surface area contributed by atoms with Crippen molar-refractivity contribution in [1.29, 1.82) is 0 Å². The van der Waals surface area contributed by atoms with Gasteiger partial charge in [0.2, 0.25) is 0 Å². The van der Waals surface area contributed by atoms with Gasteiger partial charge in [0.15, 0.2) is 0 Å². The maximum Gasteiger partial charge on any atom is 0.0594 e. The number of morpholine rings is 1. The second-order valence-corrected chi connectivity index (χ2v) is 11.0. The Morgan fingerprint density at radius 1 is 0.929 bits per heavy atom. The van der Waals surface area contributed by atoms with Gasteiger partial charge in [0.1, 0.15) is 0 Å². The zero-order valence-electron chi connectivity index (χ0n) is 19.8. The molecule has 0 spiro atoms. The van der Waals surface area contributed by atoms with Crippen LogP contribution in [0.2, 0.25) is 0 Å². The van der Waals surface area contributed by atoms with Crippen LogP contribution in [0.3, 0.4) is 0 Å². The molecule has 0 aliphatic carbocycles. The van der Waals surface area contributed by atoms with E-state index in [4.69, 9.17) is 4.74 Å². The summed E-state index contributed by atoms with van der Waals surface area (Å²) in [7, 11) is 0. The van der Waals surface area contributed by atoms with Crippen molar-refractivity contribution in [2.75, 3.05) is 26.3 Å². The molecule has 28 heavy (non-hydrogen) atoms. The molecule has 2 nitrogen and oxygen atoms in total. The predicted octanol–water partition coefficient (Wildman–Crippen LogP) is 6.23. The van der Waals surface area contributed by atoms with Crippen LogP contribution >= 0.6 is 0 Å². The molecule has 0 N–H and O–H groups in total. The van der Waals surface area contributed by atoms with Crippen LogP contribution in [-0.2, 0) is 17.6 Å². The van der Waals surface area contributed by atoms with Crippen LogP contribution in [0, 0.1) is 22.7 Å². The van der Waals surface area contributed by atoms with Crippen LogP contribution in [0.5, 0.6) is 0 Å². The SMILES string of the molecule is CCC(N1CCOCC1)C(C)(C)Cc1ccc(CC(C(C)C)C(C)(C)C)cc1. The maximum absolute atomic E-state index is 5.57. The molecule has 1 aliphatic rings. The van der Waals surface area contributed by atoms with Crippen molar-refractivity contribution < 1.29 is 4.74 Å². The second kappa shape index (κ2) is 9.76. The Morgan fingerprint density at radius 2 is 1.46 bits per heavy atom. The standard InChI is InChI=1S/C26H45NO/c1-9-24(27-14-16-28-17-15-27)26(7,8)19-22-12-10-21(11-13-22)18-23(20(2)3)25(4,5)6/h10-13,20,23-24H,9,14-19H2,1-8H3. The van der Waals surface area contributed by atoms with Crippen LogP contribution in [0.25, 0.3) is 0 Å². The van der Waals surface area contributed by atoms with Crippen LogP contribution in [0.15, 0.2) is 24.3 Å². The molecule has 2 atom stereocenters. The Hall–Kier alpha value is -0.860. The third-order valence-corrected chi connectivity index (χ3v) is 6.83. The molecule has 2 rings (SSSR count). The lowest BCUT2D eigenvalue weighted by molar-refractivity contribution is -0.0154. The van der Waals surface area contributed by atoms with E-state index in [0.29, 0.717) is 23.3 Å². The van der Waals surface area contributed by atoms with E-state index in [1.807, 2.05) is 0 Å². The molecule has 1 aromatic carbocycles. The predicted molar refractivity (Wildman–Crippen MR) is 122 cm³/mol. The minimum atomic E-state index is 0.263. The maximum atomic E-state index is 5.57. The average molecular weight is 388 g/mol. The van der Waals surface area contributed by atoms with Crippen molar-refractivity contribution in [2.24, 2.45) is 22.7 Å². The number of benzene rings is 1. The van der Waals surface area contributed by atoms with Gasteiger partial charge in [-0.05, 0) is 53.1 Å². The monoisotopic (exact) mass is 387 g/mol. The zero-order chi connectivity index (χ0) is 20.9. The second-order valence-electron chi connectivity index (χ2n) is 11.0. The Labute approximate surface area is 175 Å². The fourth-order valence-corrected chi connectivity index (χ4v) is 5.43. The summed E-state index contributed by atoms with van der Waals surface area (Å²) in [5.74, 6) is 1.41. The molecular formula is C26H45NO. The van der Waals surface area contributed by atoms with Crippen LogP contribution in [-0.4, -0.2) is 37.2 Å². The Kier molecular flexibility index (Phi) is 8.16. The highest BCUT2D eigenvalue weighted by Gasteiger charge is 2.34. The lowest BCUT2D eigenvalue weighted by Gasteiger charge is -2.43. The molecule has 1 heterocycles. The molecule has 1 saturated heterocycles. The lowest BCUT2D eigenvalue weighted by atomic mass is 9.71. The van der Waals surface area contributed by atoms with Gasteiger partial charge < -0.3 is 4.74 Å². The van der Waals surface area contributed by atoms with Crippen molar-refractivity contribution in [3.63, 3.8) is 0 Å². The highest BCUT2D eigenvalue weighted by Crippen LogP contribution is 2.36. The molecule has 1 aliphatic heterocycles. The normalized spacial score (nSPS) is 19.0. The Balaban J connectivity index is 2.05. The van der Waals surface area contributed by atoms with Crippen LogP contribution < -0.4 is 0 Å². The van der Waals surface area contributed by atoms with E-state index in [2.05, 4.69) is 84.6 Å². The van der Waals surface area contributed by atoms with Gasteiger partial charge in [-0.25, -0.2) is 0 Å². The summed E-state index contributed by atoms with van der Waals surface area (Å²) in [6.45, 7) is 23.0. The van der Waals surface area contributed by atoms with Crippen molar-refractivity contribution in [3.05, 3.63) is 35.4 Å². The molecule has 0 amide bonds. The molecule has 1 aromatic rings. The fourth-order valence-electron chi connectivity index (χ4n) is 5.43. The summed E-state index contributed by atoms with van der Waals surface area (Å²) in [5.41, 5.74) is 3.56. The third kappa shape index (κ3) is 6.32. The van der Waals surface area contributed by atoms with Gasteiger partial charge in [-0.15, -0.1) is 0 Å². The molecule has 0 aromatic heterocycles. The minimum Gasteiger partial charge on any atom is -0.379 e. The number of ether oxygens (including phenoxy) is 1. The molecule has 160 valence electrons. The van der Waals surface area contributed by atoms with Crippen molar-refractivity contribution >= 4 is 0 Å². The van der Waals surface area contributed by atoms with Gasteiger partial charge in [0.05, 0.1) is 13.2 Å². The van der Waals surface area contributed by atoms with Gasteiger partial charge in [0.25, 0.3) is 0 Å². The number of nitrogens with zero attached hydrogens (tertiary/aromatic N) is 1. The molecule has 2 unspecified atom stereocenters. The zero-order valence-corrected chi connectivity index (χ0v) is 19.8. The molecule has 0 radical (unpaired) electrons. The molecule has 1 fully saturated rings. The summed E-state index contributed by atoms with van der Waals surface area (Å²) in [6.07, 6.45) is 3.51. The van der Waals surface area contributed by atoms with E-state index in [0.717, 1.165) is 32.7 Å². The summed E-state index contributed by atoms with van der Waals surface area (Å²) >= 11 is 0. The van der Waals surface area contributed by atoms with E-state index < -0.39 is 0 Å². The Bertz CT molecular complexity index is 575. The lowest BCUT2D eigenvalue weighted by Crippen LogP contribution is -2.50. The number of rotatable bonds is 8. The number of hydrogen-bond acceptors (Lipinski definition) is 2. The first kappa shape index (κ1) is 23.4. The summed E-state index contributed by atoms with van der Waals surface area (Å²) < 4.78 is 5.57. The smallest absolute Gasteiger partial charge is 0.0594 e. The van der Waals surface area contributed by atoms with E-state index >= 15 is 0 Å². The minimum absolute atomic E-state index is 0.263. The highest BCUT2D eigenvalue weighted by atomic mass is 16.5. The van der Waals surface area contributed by atoms with E-state index in [9.17, 15) is 0 Å². The van der Waals surface area contributed by atoms with E-state index in [1.165, 1.54) is 24.0 Å². The largest absolute Gasteiger partial charge is 0.379 e. The van der Waals surface area contributed by atoms with Crippen LogP contribution in [0.4, 0.5) is 0 Å². The average Bonchev–Trinajstić information content (AvgIpc) is 2.60. The van der Waals surface area contributed by atoms with Crippen molar-refractivity contribution in [1.82, 2.24) is 4.90 Å². The summed E-state index contributed by atoms with van der Waals surface area (Å²) in [6, 6.07) is 10.1. The molecular weight excluding hydrogens is 342 g/mol. The van der Waals surface area contributed by atoms with Gasteiger partial charge in [-0.2, -0.15) is 0 Å². The quantitative estimate of drug-likeness (QED) is 0.524. The van der Waals surface area contributed by atoms with Gasteiger partial charge in [-0.3, -0.25) is 4.90 Å². The van der Waals surface area contributed by atoms with E-state index in [1.54, 1.807) is 0 Å². The number of hydrogen-bond donors (Lipinski definition) is 0. The van der Waals surface area contributed by atoms with Gasteiger partial charge >= 0.3 is 0 Å². The molecule has 0 saturated carbocycles. The fraction of sp³-hybridized carbons (Fsp3) is 0.769. The topological polar surface area (TPSA) is 12.5 Å². The third-order valence-electron chi connectivity index (χ3n) is 6.83. The molecule has 2 heteroatoms. The van der Waals surface area contributed by atoms with Crippen LogP contribution in [0.1, 0.15) is 72.9 Å². The summed E-state index contributed by atoms with van der Waals surface area (Å²) in [5, 5.41) is 0. The van der Waals surface area contributed by atoms with Gasteiger partial charge in [-0.1, -0.05) is 79.7 Å². The van der Waals surface area contributed by atoms with E-state index in [-0.39, 0.29) is 5.41 Å². The first-order valence-electron chi connectivity index (χ1n) is 11.4. The highest BCUT2D eigenvalue weighted by molar-refractivity contribution is 5.24. The van der Waals surface area contributed by atoms with Crippen molar-refractivity contribution in [2.45, 2.75) is 80.7 Å². The first-order chi connectivity index (χ1) is 13.0. The first-order valence-corrected chi connectivity index (χ1v) is 11.4.